The molecule has 0 aromatic heterocycles. The second-order valence-electron chi connectivity index (χ2n) is 6.79. The minimum absolute atomic E-state index is 0.0382. The smallest absolute Gasteiger partial charge is 0.300 e. The van der Waals surface area contributed by atoms with Gasteiger partial charge >= 0.3 is 0 Å². The largest absolute Gasteiger partial charge is 0.507 e. The van der Waals surface area contributed by atoms with Crippen LogP contribution in [0.4, 0.5) is 10.1 Å². The number of aliphatic hydroxyl groups excluding tert-OH is 1. The maximum atomic E-state index is 13.5. The highest BCUT2D eigenvalue weighted by molar-refractivity contribution is 6.51. The molecule has 0 spiro atoms. The van der Waals surface area contributed by atoms with Gasteiger partial charge in [-0.15, -0.1) is 0 Å². The van der Waals surface area contributed by atoms with Crippen molar-refractivity contribution < 1.29 is 23.8 Å². The molecular weight excluding hydrogens is 385 g/mol. The number of hydrogen-bond acceptors (Lipinski definition) is 4. The number of rotatable bonds is 4. The summed E-state index contributed by atoms with van der Waals surface area (Å²) in [5.74, 6) is -1.80. The Labute approximate surface area is 172 Å². The summed E-state index contributed by atoms with van der Waals surface area (Å²) in [6, 6.07) is 19.9. The van der Waals surface area contributed by atoms with Gasteiger partial charge in [0, 0.05) is 11.3 Å². The van der Waals surface area contributed by atoms with E-state index in [9.17, 15) is 19.1 Å². The molecule has 30 heavy (non-hydrogen) atoms. The van der Waals surface area contributed by atoms with Gasteiger partial charge in [-0.25, -0.2) is 4.39 Å². The molecule has 1 N–H and O–H groups in total. The maximum absolute atomic E-state index is 13.5. The lowest BCUT2D eigenvalue weighted by Gasteiger charge is -2.25. The molecule has 0 radical (unpaired) electrons. The van der Waals surface area contributed by atoms with Crippen LogP contribution in [-0.4, -0.2) is 23.9 Å². The summed E-state index contributed by atoms with van der Waals surface area (Å²) in [5.41, 5.74) is 1.31. The predicted octanol–water partition coefficient (Wildman–Crippen LogP) is 4.46. The summed E-state index contributed by atoms with van der Waals surface area (Å²) >= 11 is 0. The molecule has 1 fully saturated rings. The second-order valence-corrected chi connectivity index (χ2v) is 6.79. The van der Waals surface area contributed by atoms with Gasteiger partial charge in [-0.2, -0.15) is 0 Å². The number of carbonyl (C=O) groups excluding carboxylic acids is 2. The zero-order valence-corrected chi connectivity index (χ0v) is 16.1. The van der Waals surface area contributed by atoms with E-state index >= 15 is 0 Å². The topological polar surface area (TPSA) is 66.8 Å². The van der Waals surface area contributed by atoms with E-state index in [0.717, 1.165) is 0 Å². The van der Waals surface area contributed by atoms with Crippen LogP contribution in [0, 0.1) is 5.82 Å². The number of nitrogens with zero attached hydrogens (tertiary/aromatic N) is 1. The lowest BCUT2D eigenvalue weighted by Crippen LogP contribution is -2.29. The molecule has 1 amide bonds. The number of hydrogen-bond donors (Lipinski definition) is 1. The minimum atomic E-state index is -0.897. The number of methoxy groups -OCH3 is 1. The number of amides is 1. The van der Waals surface area contributed by atoms with Gasteiger partial charge in [0.1, 0.15) is 17.3 Å². The molecule has 4 rings (SSSR count). The van der Waals surface area contributed by atoms with Crippen molar-refractivity contribution in [3.63, 3.8) is 0 Å². The molecule has 0 bridgehead atoms. The van der Waals surface area contributed by atoms with Crippen LogP contribution in [0.1, 0.15) is 17.2 Å². The van der Waals surface area contributed by atoms with Crippen molar-refractivity contribution in [2.45, 2.75) is 6.04 Å². The molecule has 3 aromatic rings. The maximum Gasteiger partial charge on any atom is 0.300 e. The summed E-state index contributed by atoms with van der Waals surface area (Å²) in [6.45, 7) is 0. The van der Waals surface area contributed by atoms with Crippen LogP contribution >= 0.6 is 0 Å². The molecule has 1 aliphatic heterocycles. The first-order chi connectivity index (χ1) is 14.5. The van der Waals surface area contributed by atoms with Crippen molar-refractivity contribution in [3.8, 4) is 5.75 Å². The number of anilines is 1. The SMILES string of the molecule is COc1cccc(C2/C(=C(/O)c3ccccc3)C(=O)C(=O)N2c2ccc(F)cc2)c1. The van der Waals surface area contributed by atoms with Crippen molar-refractivity contribution in [3.05, 3.63) is 101 Å². The van der Waals surface area contributed by atoms with Crippen LogP contribution in [0.15, 0.2) is 84.4 Å². The lowest BCUT2D eigenvalue weighted by atomic mass is 9.95. The minimum Gasteiger partial charge on any atom is -0.507 e. The fraction of sp³-hybridized carbons (Fsp3) is 0.0833. The third kappa shape index (κ3) is 3.33. The average molecular weight is 403 g/mol. The molecular formula is C24H18FNO4. The molecule has 0 aliphatic carbocycles. The first-order valence-corrected chi connectivity index (χ1v) is 9.27. The van der Waals surface area contributed by atoms with Gasteiger partial charge in [0.05, 0.1) is 18.7 Å². The second kappa shape index (κ2) is 7.83. The highest BCUT2D eigenvalue weighted by atomic mass is 19.1. The highest BCUT2D eigenvalue weighted by Crippen LogP contribution is 2.42. The number of ether oxygens (including phenoxy) is 1. The average Bonchev–Trinajstić information content (AvgIpc) is 3.05. The van der Waals surface area contributed by atoms with Crippen molar-refractivity contribution in [2.24, 2.45) is 0 Å². The number of aliphatic hydroxyl groups is 1. The number of Topliss-reactive ketones (excluding diaryl/α,β-unsaturated/α-hetero) is 1. The van der Waals surface area contributed by atoms with E-state index in [1.807, 2.05) is 0 Å². The van der Waals surface area contributed by atoms with E-state index < -0.39 is 23.5 Å². The van der Waals surface area contributed by atoms with Crippen LogP contribution in [0.25, 0.3) is 5.76 Å². The molecule has 150 valence electrons. The zero-order chi connectivity index (χ0) is 21.3. The van der Waals surface area contributed by atoms with Gasteiger partial charge in [0.25, 0.3) is 11.7 Å². The highest BCUT2D eigenvalue weighted by Gasteiger charge is 2.47. The van der Waals surface area contributed by atoms with Crippen LogP contribution in [0.5, 0.6) is 5.75 Å². The molecule has 5 nitrogen and oxygen atoms in total. The standard InChI is InChI=1S/C24H18FNO4/c1-30-19-9-5-8-16(14-19)21-20(22(27)15-6-3-2-4-7-15)23(28)24(29)26(21)18-12-10-17(25)11-13-18/h2-14,21,27H,1H3/b22-20-. The molecule has 3 aromatic carbocycles. The Balaban J connectivity index is 1.95. The Hall–Kier alpha value is -3.93. The molecule has 1 heterocycles. The number of ketones is 1. The first kappa shape index (κ1) is 19.4. The van der Waals surface area contributed by atoms with Gasteiger partial charge in [0.2, 0.25) is 0 Å². The van der Waals surface area contributed by atoms with Gasteiger partial charge < -0.3 is 9.84 Å². The quantitative estimate of drug-likeness (QED) is 0.397. The van der Waals surface area contributed by atoms with Crippen molar-refractivity contribution in [1.29, 1.82) is 0 Å². The molecule has 0 saturated carbocycles. The number of carbonyl (C=O) groups is 2. The number of halogens is 1. The summed E-state index contributed by atoms with van der Waals surface area (Å²) in [5, 5.41) is 11.0. The molecule has 6 heteroatoms. The van der Waals surface area contributed by atoms with Crippen LogP contribution in [-0.2, 0) is 9.59 Å². The summed E-state index contributed by atoms with van der Waals surface area (Å²) in [4.78, 5) is 27.2. The third-order valence-electron chi connectivity index (χ3n) is 5.01. The third-order valence-corrected chi connectivity index (χ3v) is 5.01. The summed E-state index contributed by atoms with van der Waals surface area (Å²) in [6.07, 6.45) is 0. The van der Waals surface area contributed by atoms with E-state index in [2.05, 4.69) is 0 Å². The van der Waals surface area contributed by atoms with Crippen LogP contribution in [0.3, 0.4) is 0 Å². The van der Waals surface area contributed by atoms with E-state index in [1.54, 1.807) is 54.6 Å². The van der Waals surface area contributed by atoms with E-state index in [0.29, 0.717) is 22.6 Å². The Morgan fingerprint density at radius 3 is 2.33 bits per heavy atom. The van der Waals surface area contributed by atoms with Gasteiger partial charge in [-0.05, 0) is 42.0 Å². The van der Waals surface area contributed by atoms with Gasteiger partial charge in [-0.1, -0.05) is 42.5 Å². The molecule has 1 unspecified atom stereocenters. The fourth-order valence-corrected chi connectivity index (χ4v) is 3.58. The fourth-order valence-electron chi connectivity index (χ4n) is 3.58. The predicted molar refractivity (Wildman–Crippen MR) is 111 cm³/mol. The Morgan fingerprint density at radius 2 is 1.67 bits per heavy atom. The summed E-state index contributed by atoms with van der Waals surface area (Å²) < 4.78 is 18.7. The normalized spacial score (nSPS) is 17.9. The molecule has 1 aliphatic rings. The van der Waals surface area contributed by atoms with Crippen LogP contribution < -0.4 is 9.64 Å². The van der Waals surface area contributed by atoms with E-state index in [-0.39, 0.29) is 11.3 Å². The van der Waals surface area contributed by atoms with Crippen molar-refractivity contribution in [1.82, 2.24) is 0 Å². The molecule has 1 atom stereocenters. The first-order valence-electron chi connectivity index (χ1n) is 9.27. The lowest BCUT2D eigenvalue weighted by molar-refractivity contribution is -0.132. The molecule has 1 saturated heterocycles. The number of benzene rings is 3. The van der Waals surface area contributed by atoms with E-state index in [1.165, 1.54) is 36.3 Å². The van der Waals surface area contributed by atoms with E-state index in [4.69, 9.17) is 4.74 Å². The van der Waals surface area contributed by atoms with Crippen molar-refractivity contribution >= 4 is 23.1 Å². The Kier molecular flexibility index (Phi) is 5.06. The zero-order valence-electron chi connectivity index (χ0n) is 16.1. The van der Waals surface area contributed by atoms with Gasteiger partial charge in [0.15, 0.2) is 0 Å². The van der Waals surface area contributed by atoms with Crippen LogP contribution in [0.2, 0.25) is 0 Å². The monoisotopic (exact) mass is 403 g/mol. The van der Waals surface area contributed by atoms with Gasteiger partial charge in [-0.3, -0.25) is 14.5 Å². The Bertz CT molecular complexity index is 1140. The Morgan fingerprint density at radius 1 is 0.967 bits per heavy atom. The van der Waals surface area contributed by atoms with Crippen molar-refractivity contribution in [2.75, 3.05) is 12.0 Å². The summed E-state index contributed by atoms with van der Waals surface area (Å²) in [7, 11) is 1.51.